The maximum absolute atomic E-state index is 12.8. The van der Waals surface area contributed by atoms with Gasteiger partial charge in [-0.15, -0.1) is 0 Å². The van der Waals surface area contributed by atoms with Gasteiger partial charge in [0.1, 0.15) is 0 Å². The van der Waals surface area contributed by atoms with Gasteiger partial charge in [-0.2, -0.15) is 5.26 Å². The highest BCUT2D eigenvalue weighted by Gasteiger charge is 2.26. The predicted molar refractivity (Wildman–Crippen MR) is 94.1 cm³/mol. The largest absolute Gasteiger partial charge is 0.241 e. The molecule has 5 heteroatoms. The Morgan fingerprint density at radius 3 is 1.83 bits per heavy atom. The van der Waals surface area contributed by atoms with E-state index in [0.717, 1.165) is 16.7 Å². The Labute approximate surface area is 141 Å². The molecule has 0 aliphatic carbocycles. The molecule has 23 heavy (non-hydrogen) atoms. The third-order valence-electron chi connectivity index (χ3n) is 3.88. The van der Waals surface area contributed by atoms with Crippen LogP contribution in [0.15, 0.2) is 17.0 Å². The van der Waals surface area contributed by atoms with Crippen molar-refractivity contribution in [2.45, 2.75) is 70.6 Å². The molecule has 1 aromatic carbocycles. The molecule has 128 valence electrons. The summed E-state index contributed by atoms with van der Waals surface area (Å²) in [4.78, 5) is 0.393. The van der Waals surface area contributed by atoms with Gasteiger partial charge in [-0.1, -0.05) is 53.7 Å². The van der Waals surface area contributed by atoms with E-state index in [2.05, 4.69) is 18.6 Å². The molecule has 0 fully saturated rings. The van der Waals surface area contributed by atoms with Crippen molar-refractivity contribution < 1.29 is 8.42 Å². The molecule has 4 nitrogen and oxygen atoms in total. The van der Waals surface area contributed by atoms with Gasteiger partial charge in [0.05, 0.1) is 11.0 Å². The van der Waals surface area contributed by atoms with Crippen molar-refractivity contribution >= 4 is 10.0 Å². The molecular formula is C18H28N2O2S. The topological polar surface area (TPSA) is 70.0 Å². The summed E-state index contributed by atoms with van der Waals surface area (Å²) in [6, 6.07) is 5.99. The minimum absolute atomic E-state index is 0.105. The highest BCUT2D eigenvalue weighted by Crippen LogP contribution is 2.34. The fraction of sp³-hybridized carbons (Fsp3) is 0.611. The Kier molecular flexibility index (Phi) is 6.79. The molecule has 0 spiro atoms. The number of rotatable bonds is 7. The number of nitriles is 1. The SMILES string of the molecule is CC(C)c1cc(C(C)C)c(S(=O)(=O)NCCC#N)c(C(C)C)c1. The molecule has 0 bridgehead atoms. The lowest BCUT2D eigenvalue weighted by Gasteiger charge is -2.22. The van der Waals surface area contributed by atoms with Crippen molar-refractivity contribution in [1.29, 1.82) is 5.26 Å². The number of benzene rings is 1. The van der Waals surface area contributed by atoms with E-state index in [0.29, 0.717) is 10.8 Å². The number of nitrogens with zero attached hydrogens (tertiary/aromatic N) is 1. The highest BCUT2D eigenvalue weighted by molar-refractivity contribution is 7.89. The second kappa shape index (κ2) is 7.94. The highest BCUT2D eigenvalue weighted by atomic mass is 32.2. The van der Waals surface area contributed by atoms with Gasteiger partial charge < -0.3 is 0 Å². The molecule has 0 aromatic heterocycles. The third kappa shape index (κ3) is 4.79. The fourth-order valence-corrected chi connectivity index (χ4v) is 4.24. The first kappa shape index (κ1) is 19.7. The molecule has 0 saturated carbocycles. The van der Waals surface area contributed by atoms with Crippen molar-refractivity contribution in [3.05, 3.63) is 28.8 Å². The van der Waals surface area contributed by atoms with Crippen molar-refractivity contribution in [3.63, 3.8) is 0 Å². The van der Waals surface area contributed by atoms with E-state index in [4.69, 9.17) is 5.26 Å². The van der Waals surface area contributed by atoms with Crippen LogP contribution in [-0.2, 0) is 10.0 Å². The fourth-order valence-electron chi connectivity index (χ4n) is 2.51. The summed E-state index contributed by atoms with van der Waals surface area (Å²) >= 11 is 0. The zero-order chi connectivity index (χ0) is 17.8. The van der Waals surface area contributed by atoms with Gasteiger partial charge in [-0.05, 0) is 34.4 Å². The molecule has 0 aliphatic rings. The van der Waals surface area contributed by atoms with Gasteiger partial charge in [0.15, 0.2) is 0 Å². The van der Waals surface area contributed by atoms with Crippen molar-refractivity contribution in [3.8, 4) is 6.07 Å². The van der Waals surface area contributed by atoms with Crippen LogP contribution in [0.5, 0.6) is 0 Å². The molecule has 0 radical (unpaired) electrons. The van der Waals surface area contributed by atoms with Gasteiger partial charge in [0, 0.05) is 13.0 Å². The molecular weight excluding hydrogens is 308 g/mol. The average Bonchev–Trinajstić information content (AvgIpc) is 2.45. The molecule has 0 amide bonds. The number of hydrogen-bond acceptors (Lipinski definition) is 3. The van der Waals surface area contributed by atoms with Crippen LogP contribution in [0.25, 0.3) is 0 Å². The average molecular weight is 337 g/mol. The number of nitrogens with one attached hydrogen (secondary N) is 1. The van der Waals surface area contributed by atoms with Gasteiger partial charge in [-0.3, -0.25) is 0 Å². The smallest absolute Gasteiger partial charge is 0.210 e. The van der Waals surface area contributed by atoms with Crippen LogP contribution in [0.2, 0.25) is 0 Å². The van der Waals surface area contributed by atoms with E-state index in [1.165, 1.54) is 0 Å². The Bertz CT molecular complexity index is 654. The summed E-state index contributed by atoms with van der Waals surface area (Å²) in [7, 11) is -3.63. The maximum atomic E-state index is 12.8. The summed E-state index contributed by atoms with van der Waals surface area (Å²) in [5, 5.41) is 8.63. The lowest BCUT2D eigenvalue weighted by Crippen LogP contribution is -2.27. The molecule has 0 atom stereocenters. The molecule has 0 saturated heterocycles. The molecule has 0 aliphatic heterocycles. The van der Waals surface area contributed by atoms with Gasteiger partial charge in [0.2, 0.25) is 10.0 Å². The summed E-state index contributed by atoms with van der Waals surface area (Å²) in [6.45, 7) is 12.4. The van der Waals surface area contributed by atoms with Gasteiger partial charge in [-0.25, -0.2) is 13.1 Å². The second-order valence-electron chi connectivity index (χ2n) is 6.80. The molecule has 1 N–H and O–H groups in total. The Balaban J connectivity index is 3.58. The lowest BCUT2D eigenvalue weighted by molar-refractivity contribution is 0.577. The number of hydrogen-bond donors (Lipinski definition) is 1. The van der Waals surface area contributed by atoms with Crippen LogP contribution in [0.4, 0.5) is 0 Å². The van der Waals surface area contributed by atoms with Crippen LogP contribution in [0, 0.1) is 11.3 Å². The third-order valence-corrected chi connectivity index (χ3v) is 5.47. The Morgan fingerprint density at radius 1 is 1.00 bits per heavy atom. The molecule has 1 rings (SSSR count). The van der Waals surface area contributed by atoms with Crippen LogP contribution >= 0.6 is 0 Å². The van der Waals surface area contributed by atoms with E-state index in [9.17, 15) is 8.42 Å². The van der Waals surface area contributed by atoms with E-state index in [1.54, 1.807) is 0 Å². The van der Waals surface area contributed by atoms with Crippen LogP contribution < -0.4 is 4.72 Å². The van der Waals surface area contributed by atoms with Crippen LogP contribution in [0.3, 0.4) is 0 Å². The minimum Gasteiger partial charge on any atom is -0.210 e. The summed E-state index contributed by atoms with van der Waals surface area (Å²) in [5.74, 6) is 0.552. The molecule has 0 unspecified atom stereocenters. The zero-order valence-corrected chi connectivity index (χ0v) is 15.8. The first-order chi connectivity index (χ1) is 10.6. The monoisotopic (exact) mass is 336 g/mol. The first-order valence-corrected chi connectivity index (χ1v) is 9.64. The second-order valence-corrected chi connectivity index (χ2v) is 8.50. The van der Waals surface area contributed by atoms with Gasteiger partial charge in [0.25, 0.3) is 0 Å². The summed E-state index contributed by atoms with van der Waals surface area (Å²) in [5.41, 5.74) is 2.86. The van der Waals surface area contributed by atoms with E-state index in [-0.39, 0.29) is 24.8 Å². The van der Waals surface area contributed by atoms with Crippen LogP contribution in [0.1, 0.15) is 82.4 Å². The minimum atomic E-state index is -3.63. The summed E-state index contributed by atoms with van der Waals surface area (Å²) in [6.07, 6.45) is 0.164. The Morgan fingerprint density at radius 2 is 1.48 bits per heavy atom. The number of sulfonamides is 1. The normalized spacial score (nSPS) is 12.2. The maximum Gasteiger partial charge on any atom is 0.241 e. The zero-order valence-electron chi connectivity index (χ0n) is 15.0. The first-order valence-electron chi connectivity index (χ1n) is 8.16. The van der Waals surface area contributed by atoms with Crippen molar-refractivity contribution in [2.24, 2.45) is 0 Å². The van der Waals surface area contributed by atoms with Crippen LogP contribution in [-0.4, -0.2) is 15.0 Å². The molecule has 1 aromatic rings. The predicted octanol–water partition coefficient (Wildman–Crippen LogP) is 4.25. The van der Waals surface area contributed by atoms with Crippen molar-refractivity contribution in [2.75, 3.05) is 6.54 Å². The van der Waals surface area contributed by atoms with Gasteiger partial charge >= 0.3 is 0 Å². The van der Waals surface area contributed by atoms with Crippen molar-refractivity contribution in [1.82, 2.24) is 4.72 Å². The van der Waals surface area contributed by atoms with E-state index >= 15 is 0 Å². The summed E-state index contributed by atoms with van der Waals surface area (Å²) < 4.78 is 28.2. The standard InChI is InChI=1S/C18H28N2O2S/c1-12(2)15-10-16(13(3)4)18(17(11-15)14(5)6)23(21,22)20-9-7-8-19/h10-14,20H,7,9H2,1-6H3. The lowest BCUT2D eigenvalue weighted by atomic mass is 9.89. The van der Waals surface area contributed by atoms with E-state index in [1.807, 2.05) is 45.9 Å². The quantitative estimate of drug-likeness (QED) is 0.757. The Hall–Kier alpha value is -1.38. The van der Waals surface area contributed by atoms with E-state index < -0.39 is 10.0 Å². The molecule has 0 heterocycles.